The minimum Gasteiger partial charge on any atom is -0.474 e. The van der Waals surface area contributed by atoms with Gasteiger partial charge in [-0.05, 0) is 12.8 Å². The average Bonchev–Trinajstić information content (AvgIpc) is 2.75. The van der Waals surface area contributed by atoms with Crippen molar-refractivity contribution < 1.29 is 31.4 Å². The molecule has 108 valence electrons. The van der Waals surface area contributed by atoms with Crippen LogP contribution in [-0.2, 0) is 16.3 Å². The number of rotatable bonds is 3. The van der Waals surface area contributed by atoms with Crippen molar-refractivity contribution in [2.45, 2.75) is 29.3 Å². The van der Waals surface area contributed by atoms with Crippen molar-refractivity contribution in [1.82, 2.24) is 0 Å². The van der Waals surface area contributed by atoms with E-state index in [0.717, 1.165) is 6.26 Å². The Labute approximate surface area is 111 Å². The molecule has 0 unspecified atom stereocenters. The predicted molar refractivity (Wildman–Crippen MR) is 62.3 cm³/mol. The molecule has 0 amide bonds. The predicted octanol–water partition coefficient (Wildman–Crippen LogP) is 2.07. The minimum atomic E-state index is -4.49. The number of halogens is 3. The van der Waals surface area contributed by atoms with Crippen molar-refractivity contribution in [2.75, 3.05) is 12.9 Å². The lowest BCUT2D eigenvalue weighted by Gasteiger charge is -2.08. The summed E-state index contributed by atoms with van der Waals surface area (Å²) < 4.78 is 64.1. The first-order valence-electron chi connectivity index (χ1n) is 5.33. The number of aliphatic hydroxyl groups is 1. The third-order valence-corrected chi connectivity index (χ3v) is 5.69. The zero-order chi connectivity index (χ0) is 14.4. The van der Waals surface area contributed by atoms with Crippen LogP contribution < -0.4 is 4.74 Å². The second kappa shape index (κ2) is 4.64. The molecule has 1 atom stereocenters. The van der Waals surface area contributed by atoms with E-state index in [1.54, 1.807) is 0 Å². The van der Waals surface area contributed by atoms with Crippen molar-refractivity contribution in [1.29, 1.82) is 0 Å². The molecule has 0 saturated carbocycles. The zero-order valence-electron chi connectivity index (χ0n) is 9.82. The van der Waals surface area contributed by atoms with Crippen molar-refractivity contribution in [3.8, 4) is 5.06 Å². The average molecular weight is 316 g/mol. The molecular weight excluding hydrogens is 305 g/mol. The zero-order valence-corrected chi connectivity index (χ0v) is 11.5. The first-order chi connectivity index (χ1) is 8.59. The Morgan fingerprint density at radius 3 is 2.63 bits per heavy atom. The number of hydrogen-bond acceptors (Lipinski definition) is 5. The summed E-state index contributed by atoms with van der Waals surface area (Å²) in [5.41, 5.74) is 0.576. The summed E-state index contributed by atoms with van der Waals surface area (Å²) in [4.78, 5) is 0. The van der Waals surface area contributed by atoms with Gasteiger partial charge in [-0.15, -0.1) is 0 Å². The lowest BCUT2D eigenvalue weighted by Crippen LogP contribution is -2.19. The minimum absolute atomic E-state index is 0.0655. The molecule has 1 N–H and O–H groups in total. The van der Waals surface area contributed by atoms with Crippen LogP contribution >= 0.6 is 11.3 Å². The molecule has 0 bridgehead atoms. The van der Waals surface area contributed by atoms with Gasteiger partial charge in [0.15, 0.2) is 21.5 Å². The highest BCUT2D eigenvalue weighted by Crippen LogP contribution is 2.47. The van der Waals surface area contributed by atoms with Gasteiger partial charge in [-0.25, -0.2) is 8.42 Å². The molecule has 0 aromatic carbocycles. The first kappa shape index (κ1) is 14.6. The van der Waals surface area contributed by atoms with Gasteiger partial charge in [-0.2, -0.15) is 13.2 Å². The fourth-order valence-corrected chi connectivity index (χ4v) is 4.45. The second-order valence-corrected chi connectivity index (χ2v) is 7.49. The summed E-state index contributed by atoms with van der Waals surface area (Å²) in [7, 11) is -3.60. The SMILES string of the molecule is CS(=O)(=O)c1sc(OCC(F)(F)F)c2c1[C@H](O)CC2. The van der Waals surface area contributed by atoms with Crippen LogP contribution in [0.25, 0.3) is 0 Å². The monoisotopic (exact) mass is 316 g/mol. The van der Waals surface area contributed by atoms with Gasteiger partial charge in [0.2, 0.25) is 0 Å². The van der Waals surface area contributed by atoms with Gasteiger partial charge in [-0.1, -0.05) is 11.3 Å². The molecule has 2 rings (SSSR count). The Morgan fingerprint density at radius 2 is 2.11 bits per heavy atom. The lowest BCUT2D eigenvalue weighted by atomic mass is 10.2. The van der Waals surface area contributed by atoms with Gasteiger partial charge in [0.25, 0.3) is 0 Å². The van der Waals surface area contributed by atoms with E-state index in [0.29, 0.717) is 29.7 Å². The molecule has 4 nitrogen and oxygen atoms in total. The van der Waals surface area contributed by atoms with E-state index < -0.39 is 28.7 Å². The van der Waals surface area contributed by atoms with Gasteiger partial charge < -0.3 is 9.84 Å². The summed E-state index contributed by atoms with van der Waals surface area (Å²) in [5, 5.41) is 9.67. The second-order valence-electron chi connectivity index (χ2n) is 4.30. The summed E-state index contributed by atoms with van der Waals surface area (Å²) in [5.74, 6) is 0. The number of ether oxygens (including phenoxy) is 1. The normalized spacial score (nSPS) is 19.5. The van der Waals surface area contributed by atoms with Gasteiger partial charge >= 0.3 is 6.18 Å². The van der Waals surface area contributed by atoms with Crippen molar-refractivity contribution in [3.63, 3.8) is 0 Å². The molecule has 0 spiro atoms. The number of fused-ring (bicyclic) bond motifs is 1. The number of aliphatic hydroxyl groups excluding tert-OH is 1. The van der Waals surface area contributed by atoms with Crippen LogP contribution in [0, 0.1) is 0 Å². The van der Waals surface area contributed by atoms with Gasteiger partial charge in [0.05, 0.1) is 6.10 Å². The van der Waals surface area contributed by atoms with Gasteiger partial charge in [0.1, 0.15) is 4.21 Å². The van der Waals surface area contributed by atoms with Crippen LogP contribution in [0.1, 0.15) is 23.7 Å². The molecule has 1 aliphatic carbocycles. The Bertz CT molecular complexity index is 589. The van der Waals surface area contributed by atoms with E-state index in [2.05, 4.69) is 4.74 Å². The maximum absolute atomic E-state index is 12.1. The summed E-state index contributed by atoms with van der Waals surface area (Å²) >= 11 is 0.643. The number of hydrogen-bond donors (Lipinski definition) is 1. The maximum atomic E-state index is 12.1. The van der Waals surface area contributed by atoms with Crippen molar-refractivity contribution in [2.24, 2.45) is 0 Å². The highest BCUT2D eigenvalue weighted by molar-refractivity contribution is 7.92. The largest absolute Gasteiger partial charge is 0.474 e. The summed E-state index contributed by atoms with van der Waals surface area (Å²) in [6.07, 6.45) is -3.88. The smallest absolute Gasteiger partial charge is 0.422 e. The molecule has 1 aromatic heterocycles. The van der Waals surface area contributed by atoms with E-state index in [-0.39, 0.29) is 14.8 Å². The summed E-state index contributed by atoms with van der Waals surface area (Å²) in [6, 6.07) is 0. The first-order valence-corrected chi connectivity index (χ1v) is 8.03. The van der Waals surface area contributed by atoms with E-state index >= 15 is 0 Å². The molecule has 1 heterocycles. The molecule has 0 fully saturated rings. The van der Waals surface area contributed by atoms with Crippen molar-refractivity contribution in [3.05, 3.63) is 11.1 Å². The van der Waals surface area contributed by atoms with E-state index in [4.69, 9.17) is 0 Å². The third kappa shape index (κ3) is 3.03. The third-order valence-electron chi connectivity index (χ3n) is 2.68. The Kier molecular flexibility index (Phi) is 3.56. The van der Waals surface area contributed by atoms with E-state index in [1.165, 1.54) is 0 Å². The highest BCUT2D eigenvalue weighted by Gasteiger charge is 2.36. The highest BCUT2D eigenvalue weighted by atomic mass is 32.2. The van der Waals surface area contributed by atoms with Crippen LogP contribution in [-0.4, -0.2) is 32.6 Å². The van der Waals surface area contributed by atoms with Gasteiger partial charge in [-0.3, -0.25) is 0 Å². The van der Waals surface area contributed by atoms with Crippen LogP contribution in [0.15, 0.2) is 4.21 Å². The Hall–Kier alpha value is -0.800. The molecule has 1 aromatic rings. The number of sulfone groups is 1. The molecule has 1 aliphatic rings. The van der Waals surface area contributed by atoms with Crippen LogP contribution in [0.4, 0.5) is 13.2 Å². The number of alkyl halides is 3. The van der Waals surface area contributed by atoms with Crippen LogP contribution in [0.2, 0.25) is 0 Å². The van der Waals surface area contributed by atoms with Crippen molar-refractivity contribution >= 4 is 21.2 Å². The maximum Gasteiger partial charge on any atom is 0.422 e. The Balaban J connectivity index is 2.40. The van der Waals surface area contributed by atoms with Gasteiger partial charge in [0, 0.05) is 17.4 Å². The molecular formula is C10H11F3O4S2. The van der Waals surface area contributed by atoms with Crippen LogP contribution in [0.3, 0.4) is 0 Å². The molecule has 9 heteroatoms. The molecule has 0 radical (unpaired) electrons. The Morgan fingerprint density at radius 1 is 1.47 bits per heavy atom. The van der Waals surface area contributed by atoms with E-state index in [1.807, 2.05) is 0 Å². The quantitative estimate of drug-likeness (QED) is 0.927. The van der Waals surface area contributed by atoms with Crippen LogP contribution in [0.5, 0.6) is 5.06 Å². The molecule has 0 saturated heterocycles. The molecule has 0 aliphatic heterocycles. The fourth-order valence-electron chi connectivity index (χ4n) is 1.97. The fraction of sp³-hybridized carbons (Fsp3) is 0.600. The number of thiophene rings is 1. The lowest BCUT2D eigenvalue weighted by molar-refractivity contribution is -0.153. The van der Waals surface area contributed by atoms with E-state index in [9.17, 15) is 26.7 Å². The summed E-state index contributed by atoms with van der Waals surface area (Å²) in [6.45, 7) is -1.47. The topological polar surface area (TPSA) is 63.6 Å². The standard InChI is InChI=1S/C10H11F3O4S2/c1-19(15,16)9-7-5(2-3-6(7)14)8(18-9)17-4-10(11,12)13/h6,14H,2-4H2,1H3/t6-/m1/s1. The molecule has 19 heavy (non-hydrogen) atoms.